The standard InChI is InChI=1S/C24H31FN2O4/c1-29-12-5-10-26(17-23(28)18-30-19-24-9-4-13-31-24)16-22-8-3-11-27(22)15-20-6-2-7-21(25)14-20/h2-4,6-9,11,13-14,23,28H,5,10,12,15-19H2,1H3/t23-/m0/s1. The first-order valence-electron chi connectivity index (χ1n) is 10.5. The highest BCUT2D eigenvalue weighted by atomic mass is 19.1. The van der Waals surface area contributed by atoms with Crippen LogP contribution >= 0.6 is 0 Å². The van der Waals surface area contributed by atoms with Gasteiger partial charge in [0.1, 0.15) is 18.2 Å². The molecule has 7 heteroatoms. The third kappa shape index (κ3) is 7.95. The number of ether oxygens (including phenoxy) is 2. The number of aliphatic hydroxyl groups is 1. The SMILES string of the molecule is COCCCN(Cc1cccn1Cc1cccc(F)c1)C[C@H](O)COCc1ccco1. The predicted octanol–water partition coefficient (Wildman–Crippen LogP) is 3.68. The maximum Gasteiger partial charge on any atom is 0.129 e. The molecule has 1 aromatic carbocycles. The Morgan fingerprint density at radius 1 is 1.19 bits per heavy atom. The fourth-order valence-corrected chi connectivity index (χ4v) is 3.52. The molecule has 2 aromatic heterocycles. The van der Waals surface area contributed by atoms with Gasteiger partial charge in [-0.2, -0.15) is 0 Å². The molecule has 0 spiro atoms. The fraction of sp³-hybridized carbons (Fsp3) is 0.417. The average Bonchev–Trinajstić information content (AvgIpc) is 3.41. The average molecular weight is 431 g/mol. The van der Waals surface area contributed by atoms with E-state index in [1.165, 1.54) is 6.07 Å². The van der Waals surface area contributed by atoms with Gasteiger partial charge in [0.15, 0.2) is 0 Å². The van der Waals surface area contributed by atoms with Crippen molar-refractivity contribution < 1.29 is 23.4 Å². The summed E-state index contributed by atoms with van der Waals surface area (Å²) >= 11 is 0. The predicted molar refractivity (Wildman–Crippen MR) is 116 cm³/mol. The Labute approximate surface area is 182 Å². The van der Waals surface area contributed by atoms with E-state index in [0.717, 1.165) is 30.0 Å². The topological polar surface area (TPSA) is 60.0 Å². The van der Waals surface area contributed by atoms with Gasteiger partial charge in [-0.05, 0) is 48.4 Å². The zero-order chi connectivity index (χ0) is 21.9. The number of hydrogen-bond donors (Lipinski definition) is 1. The minimum absolute atomic E-state index is 0.228. The number of halogens is 1. The van der Waals surface area contributed by atoms with Crippen molar-refractivity contribution in [2.24, 2.45) is 0 Å². The lowest BCUT2D eigenvalue weighted by atomic mass is 10.2. The quantitative estimate of drug-likeness (QED) is 0.396. The third-order valence-corrected chi connectivity index (χ3v) is 4.98. The molecule has 1 N–H and O–H groups in total. The molecule has 0 amide bonds. The van der Waals surface area contributed by atoms with Gasteiger partial charge >= 0.3 is 0 Å². The van der Waals surface area contributed by atoms with Gasteiger partial charge in [0.05, 0.1) is 19.0 Å². The van der Waals surface area contributed by atoms with Crippen molar-refractivity contribution in [3.8, 4) is 0 Å². The number of furan rings is 1. The van der Waals surface area contributed by atoms with Crippen molar-refractivity contribution in [3.05, 3.63) is 83.8 Å². The van der Waals surface area contributed by atoms with E-state index in [2.05, 4.69) is 15.5 Å². The Balaban J connectivity index is 1.56. The van der Waals surface area contributed by atoms with Crippen LogP contribution in [0, 0.1) is 5.82 Å². The molecule has 0 aliphatic heterocycles. The second kappa shape index (κ2) is 12.4. The Hall–Kier alpha value is -2.45. The monoisotopic (exact) mass is 430 g/mol. The van der Waals surface area contributed by atoms with Gasteiger partial charge in [-0.15, -0.1) is 0 Å². The summed E-state index contributed by atoms with van der Waals surface area (Å²) in [5, 5.41) is 10.5. The zero-order valence-corrected chi connectivity index (χ0v) is 18.0. The van der Waals surface area contributed by atoms with Crippen LogP contribution in [0.15, 0.2) is 65.4 Å². The number of rotatable bonds is 14. The van der Waals surface area contributed by atoms with Crippen molar-refractivity contribution in [1.82, 2.24) is 9.47 Å². The van der Waals surface area contributed by atoms with E-state index in [9.17, 15) is 9.50 Å². The molecule has 0 aliphatic rings. The van der Waals surface area contributed by atoms with E-state index in [4.69, 9.17) is 13.9 Å². The van der Waals surface area contributed by atoms with E-state index >= 15 is 0 Å². The first kappa shape index (κ1) is 23.2. The molecule has 0 saturated carbocycles. The summed E-state index contributed by atoms with van der Waals surface area (Å²) in [6, 6.07) is 14.4. The first-order valence-corrected chi connectivity index (χ1v) is 10.5. The van der Waals surface area contributed by atoms with Gasteiger partial charge in [0, 0.05) is 51.8 Å². The lowest BCUT2D eigenvalue weighted by Gasteiger charge is -2.25. The summed E-state index contributed by atoms with van der Waals surface area (Å²) in [6.07, 6.45) is 3.84. The lowest BCUT2D eigenvalue weighted by molar-refractivity contribution is 0.00251. The van der Waals surface area contributed by atoms with E-state index < -0.39 is 6.10 Å². The largest absolute Gasteiger partial charge is 0.467 e. The van der Waals surface area contributed by atoms with E-state index in [1.54, 1.807) is 25.5 Å². The molecule has 0 bridgehead atoms. The second-order valence-corrected chi connectivity index (χ2v) is 7.59. The molecule has 0 fully saturated rings. The second-order valence-electron chi connectivity index (χ2n) is 7.59. The van der Waals surface area contributed by atoms with Gasteiger partial charge in [-0.25, -0.2) is 4.39 Å². The van der Waals surface area contributed by atoms with E-state index in [1.807, 2.05) is 30.5 Å². The minimum Gasteiger partial charge on any atom is -0.467 e. The molecule has 2 heterocycles. The molecule has 1 atom stereocenters. The molecule has 168 valence electrons. The van der Waals surface area contributed by atoms with Crippen molar-refractivity contribution in [2.45, 2.75) is 32.2 Å². The van der Waals surface area contributed by atoms with Gasteiger partial charge in [-0.1, -0.05) is 12.1 Å². The molecule has 0 radical (unpaired) electrons. The van der Waals surface area contributed by atoms with Crippen LogP contribution in [-0.4, -0.2) is 54.1 Å². The summed E-state index contributed by atoms with van der Waals surface area (Å²) < 4.78 is 31.7. The number of nitrogens with zero attached hydrogens (tertiary/aromatic N) is 2. The lowest BCUT2D eigenvalue weighted by Crippen LogP contribution is -2.36. The van der Waals surface area contributed by atoms with Crippen LogP contribution in [-0.2, 0) is 29.2 Å². The number of methoxy groups -OCH3 is 1. The van der Waals surface area contributed by atoms with Crippen LogP contribution in [0.25, 0.3) is 0 Å². The van der Waals surface area contributed by atoms with Crippen molar-refractivity contribution in [3.63, 3.8) is 0 Å². The molecular weight excluding hydrogens is 399 g/mol. The molecular formula is C24H31FN2O4. The van der Waals surface area contributed by atoms with Crippen LogP contribution < -0.4 is 0 Å². The summed E-state index contributed by atoms with van der Waals surface area (Å²) in [5.41, 5.74) is 2.01. The van der Waals surface area contributed by atoms with Crippen molar-refractivity contribution >= 4 is 0 Å². The first-order chi connectivity index (χ1) is 15.1. The summed E-state index contributed by atoms with van der Waals surface area (Å²) in [5.74, 6) is 0.504. The molecule has 0 aliphatic carbocycles. The smallest absolute Gasteiger partial charge is 0.129 e. The van der Waals surface area contributed by atoms with Crippen LogP contribution in [0.5, 0.6) is 0 Å². The highest BCUT2D eigenvalue weighted by molar-refractivity contribution is 5.19. The van der Waals surface area contributed by atoms with Gasteiger partial charge in [0.25, 0.3) is 0 Å². The molecule has 6 nitrogen and oxygen atoms in total. The molecule has 0 saturated heterocycles. The number of hydrogen-bond acceptors (Lipinski definition) is 5. The molecule has 3 rings (SSSR count). The van der Waals surface area contributed by atoms with Crippen LogP contribution in [0.1, 0.15) is 23.4 Å². The summed E-state index contributed by atoms with van der Waals surface area (Å²) in [7, 11) is 1.69. The van der Waals surface area contributed by atoms with Gasteiger partial charge in [0.2, 0.25) is 0 Å². The van der Waals surface area contributed by atoms with Crippen LogP contribution in [0.2, 0.25) is 0 Å². The zero-order valence-electron chi connectivity index (χ0n) is 18.0. The number of aliphatic hydroxyl groups excluding tert-OH is 1. The Bertz CT molecular complexity index is 881. The maximum atomic E-state index is 13.5. The minimum atomic E-state index is -0.621. The van der Waals surface area contributed by atoms with E-state index in [0.29, 0.717) is 32.8 Å². The van der Waals surface area contributed by atoms with Crippen LogP contribution in [0.4, 0.5) is 4.39 Å². The maximum absolute atomic E-state index is 13.5. The Morgan fingerprint density at radius 3 is 2.87 bits per heavy atom. The van der Waals surface area contributed by atoms with Gasteiger partial charge in [-0.3, -0.25) is 4.90 Å². The summed E-state index contributed by atoms with van der Waals surface area (Å²) in [4.78, 5) is 2.19. The molecule has 31 heavy (non-hydrogen) atoms. The van der Waals surface area contributed by atoms with E-state index in [-0.39, 0.29) is 12.4 Å². The van der Waals surface area contributed by atoms with Gasteiger partial charge < -0.3 is 23.6 Å². The van der Waals surface area contributed by atoms with Crippen molar-refractivity contribution in [2.75, 3.05) is 33.4 Å². The molecule has 0 unspecified atom stereocenters. The normalized spacial score (nSPS) is 12.5. The highest BCUT2D eigenvalue weighted by Crippen LogP contribution is 2.13. The highest BCUT2D eigenvalue weighted by Gasteiger charge is 2.15. The Morgan fingerprint density at radius 2 is 2.10 bits per heavy atom. The fourth-order valence-electron chi connectivity index (χ4n) is 3.52. The number of benzene rings is 1. The third-order valence-electron chi connectivity index (χ3n) is 4.98. The number of aromatic nitrogens is 1. The molecule has 3 aromatic rings. The van der Waals surface area contributed by atoms with Crippen LogP contribution in [0.3, 0.4) is 0 Å². The Kier molecular flexibility index (Phi) is 9.30. The van der Waals surface area contributed by atoms with Crippen molar-refractivity contribution in [1.29, 1.82) is 0 Å². The summed E-state index contributed by atoms with van der Waals surface area (Å²) in [6.45, 7) is 3.76.